The number of rotatable bonds is 1. The molecule has 0 aromatic heterocycles. The number of nitrogens with one attached hydrogen (secondary N) is 1. The standard InChI is InChI=1S/C9H15NO3/c11-9-6-13-5-8(10-9)7-1-3-12-4-2-7/h7-8H,1-6H2,(H,10,11). The van der Waals surface area contributed by atoms with Gasteiger partial charge in [0.1, 0.15) is 6.61 Å². The second kappa shape index (κ2) is 4.07. The molecule has 2 aliphatic heterocycles. The second-order valence-electron chi connectivity index (χ2n) is 3.64. The molecule has 1 amide bonds. The monoisotopic (exact) mass is 185 g/mol. The number of ether oxygens (including phenoxy) is 2. The van der Waals surface area contributed by atoms with Crippen LogP contribution < -0.4 is 5.32 Å². The molecule has 2 aliphatic rings. The Labute approximate surface area is 77.6 Å². The largest absolute Gasteiger partial charge is 0.381 e. The van der Waals surface area contributed by atoms with E-state index in [0.717, 1.165) is 26.1 Å². The third-order valence-electron chi connectivity index (χ3n) is 2.71. The van der Waals surface area contributed by atoms with Gasteiger partial charge in [-0.05, 0) is 18.8 Å². The molecule has 0 saturated carbocycles. The van der Waals surface area contributed by atoms with E-state index >= 15 is 0 Å². The predicted molar refractivity (Wildman–Crippen MR) is 46.3 cm³/mol. The summed E-state index contributed by atoms with van der Waals surface area (Å²) in [5, 5.41) is 2.97. The van der Waals surface area contributed by atoms with Crippen LogP contribution in [0, 0.1) is 5.92 Å². The molecule has 0 aliphatic carbocycles. The molecule has 1 atom stereocenters. The Morgan fingerprint density at radius 3 is 2.69 bits per heavy atom. The number of carbonyl (C=O) groups is 1. The second-order valence-corrected chi connectivity index (χ2v) is 3.64. The highest BCUT2D eigenvalue weighted by Crippen LogP contribution is 2.20. The summed E-state index contributed by atoms with van der Waals surface area (Å²) in [6.45, 7) is 2.52. The summed E-state index contributed by atoms with van der Waals surface area (Å²) in [4.78, 5) is 11.0. The lowest BCUT2D eigenvalue weighted by Gasteiger charge is -2.33. The van der Waals surface area contributed by atoms with Gasteiger partial charge in [-0.2, -0.15) is 0 Å². The van der Waals surface area contributed by atoms with Crippen LogP contribution >= 0.6 is 0 Å². The van der Waals surface area contributed by atoms with Crippen molar-refractivity contribution >= 4 is 5.91 Å². The molecule has 4 heteroatoms. The van der Waals surface area contributed by atoms with E-state index in [0.29, 0.717) is 12.5 Å². The maximum atomic E-state index is 11.0. The van der Waals surface area contributed by atoms with E-state index in [2.05, 4.69) is 5.32 Å². The molecule has 0 bridgehead atoms. The van der Waals surface area contributed by atoms with Crippen LogP contribution in [0.3, 0.4) is 0 Å². The number of carbonyl (C=O) groups excluding carboxylic acids is 1. The van der Waals surface area contributed by atoms with Crippen molar-refractivity contribution < 1.29 is 14.3 Å². The summed E-state index contributed by atoms with van der Waals surface area (Å²) in [6.07, 6.45) is 2.07. The van der Waals surface area contributed by atoms with Crippen LogP contribution in [0.2, 0.25) is 0 Å². The molecule has 0 radical (unpaired) electrons. The van der Waals surface area contributed by atoms with Crippen molar-refractivity contribution in [1.82, 2.24) is 5.32 Å². The highest BCUT2D eigenvalue weighted by atomic mass is 16.5. The first-order valence-electron chi connectivity index (χ1n) is 4.81. The van der Waals surface area contributed by atoms with Crippen LogP contribution in [0.15, 0.2) is 0 Å². The third-order valence-corrected chi connectivity index (χ3v) is 2.71. The average molecular weight is 185 g/mol. The van der Waals surface area contributed by atoms with Crippen LogP contribution in [0.25, 0.3) is 0 Å². The zero-order valence-electron chi connectivity index (χ0n) is 7.62. The van der Waals surface area contributed by atoms with Gasteiger partial charge >= 0.3 is 0 Å². The summed E-state index contributed by atoms with van der Waals surface area (Å²) < 4.78 is 10.5. The molecular weight excluding hydrogens is 170 g/mol. The van der Waals surface area contributed by atoms with Crippen molar-refractivity contribution in [2.75, 3.05) is 26.4 Å². The fraction of sp³-hybridized carbons (Fsp3) is 0.889. The van der Waals surface area contributed by atoms with Gasteiger partial charge in [-0.3, -0.25) is 4.79 Å². The predicted octanol–water partition coefficient (Wildman–Crippen LogP) is -0.0720. The van der Waals surface area contributed by atoms with Crippen LogP contribution in [-0.2, 0) is 14.3 Å². The molecule has 13 heavy (non-hydrogen) atoms. The summed E-state index contributed by atoms with van der Waals surface area (Å²) in [5.74, 6) is 0.556. The molecule has 2 rings (SSSR count). The van der Waals surface area contributed by atoms with E-state index in [1.165, 1.54) is 0 Å². The Hall–Kier alpha value is -0.610. The van der Waals surface area contributed by atoms with Crippen molar-refractivity contribution in [3.63, 3.8) is 0 Å². The van der Waals surface area contributed by atoms with E-state index in [9.17, 15) is 4.79 Å². The molecule has 2 saturated heterocycles. The number of hydrogen-bond donors (Lipinski definition) is 1. The van der Waals surface area contributed by atoms with Crippen LogP contribution in [0.4, 0.5) is 0 Å². The van der Waals surface area contributed by atoms with Crippen molar-refractivity contribution in [2.45, 2.75) is 18.9 Å². The zero-order chi connectivity index (χ0) is 9.10. The fourth-order valence-corrected chi connectivity index (χ4v) is 1.94. The highest BCUT2D eigenvalue weighted by Gasteiger charge is 2.28. The normalized spacial score (nSPS) is 31.4. The minimum atomic E-state index is 0.0164. The first-order chi connectivity index (χ1) is 6.36. The van der Waals surface area contributed by atoms with Crippen molar-refractivity contribution in [3.8, 4) is 0 Å². The van der Waals surface area contributed by atoms with Gasteiger partial charge in [0, 0.05) is 13.2 Å². The lowest BCUT2D eigenvalue weighted by molar-refractivity contribution is -0.133. The minimum Gasteiger partial charge on any atom is -0.381 e. The Morgan fingerprint density at radius 1 is 1.23 bits per heavy atom. The van der Waals surface area contributed by atoms with Crippen LogP contribution in [-0.4, -0.2) is 38.4 Å². The first-order valence-corrected chi connectivity index (χ1v) is 4.81. The molecular formula is C9H15NO3. The molecule has 1 unspecified atom stereocenters. The zero-order valence-corrected chi connectivity index (χ0v) is 7.62. The Bertz CT molecular complexity index is 189. The van der Waals surface area contributed by atoms with E-state index in [1.54, 1.807) is 0 Å². The Kier molecular flexibility index (Phi) is 2.80. The average Bonchev–Trinajstić information content (AvgIpc) is 2.19. The van der Waals surface area contributed by atoms with E-state index in [4.69, 9.17) is 9.47 Å². The molecule has 0 aromatic carbocycles. The third kappa shape index (κ3) is 2.19. The van der Waals surface area contributed by atoms with Gasteiger partial charge in [-0.1, -0.05) is 0 Å². The fourth-order valence-electron chi connectivity index (χ4n) is 1.94. The molecule has 4 nitrogen and oxygen atoms in total. The highest BCUT2D eigenvalue weighted by molar-refractivity contribution is 5.78. The Morgan fingerprint density at radius 2 is 2.00 bits per heavy atom. The van der Waals surface area contributed by atoms with E-state index in [-0.39, 0.29) is 18.6 Å². The first kappa shape index (κ1) is 8.97. The van der Waals surface area contributed by atoms with Gasteiger partial charge in [0.25, 0.3) is 0 Å². The molecule has 2 fully saturated rings. The summed E-state index contributed by atoms with van der Waals surface area (Å²) in [6, 6.07) is 0.213. The summed E-state index contributed by atoms with van der Waals surface area (Å²) in [7, 11) is 0. The van der Waals surface area contributed by atoms with Crippen LogP contribution in [0.1, 0.15) is 12.8 Å². The SMILES string of the molecule is O=C1COCC(C2CCOCC2)N1. The van der Waals surface area contributed by atoms with Gasteiger partial charge in [0.05, 0.1) is 12.6 Å². The lowest BCUT2D eigenvalue weighted by atomic mass is 9.92. The quantitative estimate of drug-likeness (QED) is 0.622. The summed E-state index contributed by atoms with van der Waals surface area (Å²) in [5.41, 5.74) is 0. The van der Waals surface area contributed by atoms with Gasteiger partial charge in [-0.25, -0.2) is 0 Å². The van der Waals surface area contributed by atoms with Gasteiger partial charge in [0.2, 0.25) is 5.91 Å². The van der Waals surface area contributed by atoms with E-state index < -0.39 is 0 Å². The number of morpholine rings is 1. The van der Waals surface area contributed by atoms with Crippen molar-refractivity contribution in [2.24, 2.45) is 5.92 Å². The minimum absolute atomic E-state index is 0.0164. The molecule has 74 valence electrons. The van der Waals surface area contributed by atoms with Gasteiger partial charge in [-0.15, -0.1) is 0 Å². The molecule has 2 heterocycles. The van der Waals surface area contributed by atoms with E-state index in [1.807, 2.05) is 0 Å². The van der Waals surface area contributed by atoms with Crippen LogP contribution in [0.5, 0.6) is 0 Å². The molecule has 0 aromatic rings. The van der Waals surface area contributed by atoms with Gasteiger partial charge in [0.15, 0.2) is 0 Å². The molecule has 0 spiro atoms. The maximum Gasteiger partial charge on any atom is 0.246 e. The smallest absolute Gasteiger partial charge is 0.246 e. The number of amides is 1. The van der Waals surface area contributed by atoms with Gasteiger partial charge < -0.3 is 14.8 Å². The lowest BCUT2D eigenvalue weighted by Crippen LogP contribution is -2.50. The molecule has 1 N–H and O–H groups in total. The maximum absolute atomic E-state index is 11.0. The number of hydrogen-bond acceptors (Lipinski definition) is 3. The van der Waals surface area contributed by atoms with Crippen molar-refractivity contribution in [3.05, 3.63) is 0 Å². The van der Waals surface area contributed by atoms with Crippen molar-refractivity contribution in [1.29, 1.82) is 0 Å². The summed E-state index contributed by atoms with van der Waals surface area (Å²) >= 11 is 0. The Balaban J connectivity index is 1.87. The topological polar surface area (TPSA) is 47.6 Å².